The standard InChI is InChI=1S/C30H30FN3O5S/c1-5-34(40(4,36)37)28-24-15-21(14-19-6-10-22(31)11-7-19)16-32-27(24)29(26-25(28)17-33(2)30(26)35)39-18-20-8-12-23(38-3)13-9-20/h6-13,15-17,35H,5,14,18H2,1-4H3. The molecule has 0 saturated carbocycles. The average Bonchev–Trinajstić information content (AvgIpc) is 3.22. The van der Waals surface area contributed by atoms with E-state index in [1.165, 1.54) is 21.0 Å². The molecule has 0 amide bonds. The average molecular weight is 564 g/mol. The fourth-order valence-electron chi connectivity index (χ4n) is 4.93. The molecule has 5 aromatic rings. The van der Waals surface area contributed by atoms with Crippen molar-refractivity contribution >= 4 is 37.4 Å². The van der Waals surface area contributed by atoms with Crippen molar-refractivity contribution in [2.75, 3.05) is 24.2 Å². The number of sulfonamides is 1. The quantitative estimate of drug-likeness (QED) is 0.253. The van der Waals surface area contributed by atoms with E-state index < -0.39 is 10.0 Å². The number of hydrogen-bond donors (Lipinski definition) is 1. The third-order valence-electron chi connectivity index (χ3n) is 6.85. The van der Waals surface area contributed by atoms with Crippen molar-refractivity contribution in [3.8, 4) is 17.4 Å². The van der Waals surface area contributed by atoms with Crippen LogP contribution in [-0.4, -0.2) is 43.0 Å². The van der Waals surface area contributed by atoms with Gasteiger partial charge in [-0.1, -0.05) is 24.3 Å². The van der Waals surface area contributed by atoms with E-state index in [-0.39, 0.29) is 24.8 Å². The summed E-state index contributed by atoms with van der Waals surface area (Å²) >= 11 is 0. The first-order valence-electron chi connectivity index (χ1n) is 12.7. The van der Waals surface area contributed by atoms with Crippen LogP contribution >= 0.6 is 0 Å². The highest BCUT2D eigenvalue weighted by Crippen LogP contribution is 2.47. The van der Waals surface area contributed by atoms with Crippen molar-refractivity contribution in [1.29, 1.82) is 0 Å². The highest BCUT2D eigenvalue weighted by Gasteiger charge is 2.28. The van der Waals surface area contributed by atoms with Crippen LogP contribution in [0, 0.1) is 5.82 Å². The molecule has 0 radical (unpaired) electrons. The first kappa shape index (κ1) is 27.3. The predicted octanol–water partition coefficient (Wildman–Crippen LogP) is 5.54. The van der Waals surface area contributed by atoms with E-state index in [4.69, 9.17) is 14.5 Å². The van der Waals surface area contributed by atoms with Gasteiger partial charge in [-0.3, -0.25) is 9.29 Å². The van der Waals surface area contributed by atoms with Gasteiger partial charge in [0.25, 0.3) is 0 Å². The van der Waals surface area contributed by atoms with Crippen LogP contribution in [-0.2, 0) is 30.1 Å². The van der Waals surface area contributed by atoms with Gasteiger partial charge >= 0.3 is 0 Å². The number of nitrogens with zero attached hydrogens (tertiary/aromatic N) is 3. The molecule has 0 spiro atoms. The topological polar surface area (TPSA) is 93.9 Å². The molecular weight excluding hydrogens is 533 g/mol. The third-order valence-corrected chi connectivity index (χ3v) is 8.09. The molecule has 1 N–H and O–H groups in total. The van der Waals surface area contributed by atoms with Crippen molar-refractivity contribution in [3.63, 3.8) is 0 Å². The number of ether oxygens (including phenoxy) is 2. The summed E-state index contributed by atoms with van der Waals surface area (Å²) in [5.74, 6) is 0.682. The summed E-state index contributed by atoms with van der Waals surface area (Å²) in [7, 11) is -0.406. The zero-order valence-corrected chi connectivity index (χ0v) is 23.5. The van der Waals surface area contributed by atoms with Crippen LogP contribution in [0.2, 0.25) is 0 Å². The number of fused-ring (bicyclic) bond motifs is 2. The van der Waals surface area contributed by atoms with Crippen LogP contribution in [0.15, 0.2) is 67.0 Å². The Morgan fingerprint density at radius 1 is 1.02 bits per heavy atom. The number of aromatic hydroxyl groups is 1. The molecule has 0 aliphatic heterocycles. The van der Waals surface area contributed by atoms with E-state index in [0.717, 1.165) is 28.7 Å². The van der Waals surface area contributed by atoms with E-state index in [2.05, 4.69) is 0 Å². The van der Waals surface area contributed by atoms with Gasteiger partial charge in [0.15, 0.2) is 5.75 Å². The van der Waals surface area contributed by atoms with Crippen LogP contribution in [0.3, 0.4) is 0 Å². The van der Waals surface area contributed by atoms with Gasteiger partial charge in [0, 0.05) is 36.8 Å². The molecule has 10 heteroatoms. The Morgan fingerprint density at radius 2 is 1.70 bits per heavy atom. The maximum Gasteiger partial charge on any atom is 0.232 e. The summed E-state index contributed by atoms with van der Waals surface area (Å²) in [4.78, 5) is 4.73. The van der Waals surface area contributed by atoms with Crippen molar-refractivity contribution in [1.82, 2.24) is 9.55 Å². The van der Waals surface area contributed by atoms with Crippen LogP contribution in [0.4, 0.5) is 10.1 Å². The summed E-state index contributed by atoms with van der Waals surface area (Å²) < 4.78 is 53.8. The van der Waals surface area contributed by atoms with Crippen molar-refractivity contribution in [3.05, 3.63) is 89.5 Å². The highest BCUT2D eigenvalue weighted by atomic mass is 32.2. The van der Waals surface area contributed by atoms with Crippen LogP contribution in [0.25, 0.3) is 21.7 Å². The minimum absolute atomic E-state index is 0.0652. The number of pyridine rings is 1. The second kappa shape index (κ2) is 10.7. The summed E-state index contributed by atoms with van der Waals surface area (Å²) in [6, 6.07) is 15.5. The highest BCUT2D eigenvalue weighted by molar-refractivity contribution is 7.92. The van der Waals surface area contributed by atoms with E-state index >= 15 is 0 Å². The van der Waals surface area contributed by atoms with Gasteiger partial charge < -0.3 is 19.1 Å². The Kier molecular flexibility index (Phi) is 7.29. The van der Waals surface area contributed by atoms with Gasteiger partial charge in [-0.25, -0.2) is 12.8 Å². The molecule has 0 unspecified atom stereocenters. The maximum atomic E-state index is 13.5. The lowest BCUT2D eigenvalue weighted by molar-refractivity contribution is 0.311. The zero-order valence-electron chi connectivity index (χ0n) is 22.7. The minimum Gasteiger partial charge on any atom is -0.497 e. The molecule has 0 aliphatic rings. The van der Waals surface area contributed by atoms with E-state index in [0.29, 0.717) is 39.5 Å². The smallest absolute Gasteiger partial charge is 0.232 e. The molecule has 5 rings (SSSR count). The van der Waals surface area contributed by atoms with Crippen LogP contribution in [0.1, 0.15) is 23.6 Å². The first-order chi connectivity index (χ1) is 19.1. The molecule has 2 aromatic heterocycles. The third kappa shape index (κ3) is 5.14. The van der Waals surface area contributed by atoms with Gasteiger partial charge in [0.2, 0.25) is 15.9 Å². The number of methoxy groups -OCH3 is 1. The lowest BCUT2D eigenvalue weighted by atomic mass is 10.0. The Morgan fingerprint density at radius 3 is 2.33 bits per heavy atom. The second-order valence-electron chi connectivity index (χ2n) is 9.64. The maximum absolute atomic E-state index is 13.5. The van der Waals surface area contributed by atoms with E-state index in [1.54, 1.807) is 45.6 Å². The zero-order chi connectivity index (χ0) is 28.6. The Labute approximate surface area is 232 Å². The van der Waals surface area contributed by atoms with Crippen molar-refractivity contribution in [2.24, 2.45) is 7.05 Å². The van der Waals surface area contributed by atoms with Gasteiger partial charge in [0.1, 0.15) is 23.7 Å². The molecule has 3 aromatic carbocycles. The van der Waals surface area contributed by atoms with Gasteiger partial charge in [-0.15, -0.1) is 0 Å². The molecule has 2 heterocycles. The van der Waals surface area contributed by atoms with Crippen molar-refractivity contribution < 1.29 is 27.4 Å². The number of aryl methyl sites for hydroxylation is 1. The van der Waals surface area contributed by atoms with Crippen LogP contribution < -0.4 is 13.8 Å². The minimum atomic E-state index is -3.69. The Bertz CT molecular complexity index is 1800. The van der Waals surface area contributed by atoms with E-state index in [9.17, 15) is 17.9 Å². The first-order valence-corrected chi connectivity index (χ1v) is 14.6. The molecule has 0 saturated heterocycles. The van der Waals surface area contributed by atoms with Gasteiger partial charge in [-0.05, 0) is 60.4 Å². The fraction of sp³-hybridized carbons (Fsp3) is 0.233. The largest absolute Gasteiger partial charge is 0.497 e. The number of aromatic nitrogens is 2. The molecule has 0 aliphatic carbocycles. The number of hydrogen-bond acceptors (Lipinski definition) is 6. The molecular formula is C30H30FN3O5S. The molecule has 8 nitrogen and oxygen atoms in total. The van der Waals surface area contributed by atoms with Crippen LogP contribution in [0.5, 0.6) is 17.4 Å². The molecule has 0 bridgehead atoms. The van der Waals surface area contributed by atoms with Gasteiger partial charge in [0.05, 0.1) is 24.4 Å². The summed E-state index contributed by atoms with van der Waals surface area (Å²) in [6.45, 7) is 2.11. The molecule has 0 atom stereocenters. The fourth-order valence-corrected chi connectivity index (χ4v) is 5.93. The summed E-state index contributed by atoms with van der Waals surface area (Å²) in [5, 5.41) is 12.6. The molecule has 0 fully saturated rings. The summed E-state index contributed by atoms with van der Waals surface area (Å²) in [5.41, 5.74) is 3.40. The monoisotopic (exact) mass is 563 g/mol. The van der Waals surface area contributed by atoms with Crippen molar-refractivity contribution in [2.45, 2.75) is 20.0 Å². The second-order valence-corrected chi connectivity index (χ2v) is 11.5. The molecule has 208 valence electrons. The summed E-state index contributed by atoms with van der Waals surface area (Å²) in [6.07, 6.45) is 5.01. The number of anilines is 1. The Balaban J connectivity index is 1.74. The Hall–Kier alpha value is -4.31. The predicted molar refractivity (Wildman–Crippen MR) is 154 cm³/mol. The lowest BCUT2D eigenvalue weighted by Crippen LogP contribution is -2.29. The lowest BCUT2D eigenvalue weighted by Gasteiger charge is -2.24. The SMILES string of the molecule is CCN(c1c2cc(Cc3ccc(F)cc3)cnc2c(OCc2ccc(OC)cc2)c2c(O)n(C)cc12)S(C)(=O)=O. The number of rotatable bonds is 9. The normalized spacial score (nSPS) is 11.7. The number of benzene rings is 3. The van der Waals surface area contributed by atoms with E-state index in [1.807, 2.05) is 30.3 Å². The number of halogens is 1. The molecule has 40 heavy (non-hydrogen) atoms. The van der Waals surface area contributed by atoms with Gasteiger partial charge in [-0.2, -0.15) is 0 Å².